The molecule has 0 aromatic heterocycles. The summed E-state index contributed by atoms with van der Waals surface area (Å²) in [4.78, 5) is 16.7. The number of rotatable bonds is 2. The van der Waals surface area contributed by atoms with Gasteiger partial charge in [-0.3, -0.25) is 4.79 Å². The lowest BCUT2D eigenvalue weighted by molar-refractivity contribution is -0.142. The molecule has 0 aliphatic carbocycles. The van der Waals surface area contributed by atoms with Gasteiger partial charge in [-0.15, -0.1) is 24.8 Å². The van der Waals surface area contributed by atoms with Crippen molar-refractivity contribution in [3.63, 3.8) is 0 Å². The van der Waals surface area contributed by atoms with Crippen molar-refractivity contribution in [1.29, 1.82) is 0 Å². The third-order valence-electron chi connectivity index (χ3n) is 3.92. The summed E-state index contributed by atoms with van der Waals surface area (Å²) in [6.45, 7) is 7.99. The molecule has 0 bridgehead atoms. The van der Waals surface area contributed by atoms with Gasteiger partial charge in [-0.05, 0) is 19.4 Å². The van der Waals surface area contributed by atoms with E-state index in [2.05, 4.69) is 11.8 Å². The summed E-state index contributed by atoms with van der Waals surface area (Å²) >= 11 is 0. The maximum Gasteiger partial charge on any atom is 0.242 e. The van der Waals surface area contributed by atoms with Gasteiger partial charge in [0, 0.05) is 39.4 Å². The molecule has 2 aliphatic rings. The minimum absolute atomic E-state index is 0. The van der Waals surface area contributed by atoms with Crippen molar-refractivity contribution in [3.8, 4) is 0 Å². The van der Waals surface area contributed by atoms with Gasteiger partial charge >= 0.3 is 0 Å². The molecular formula is C12H25Cl2N3O2. The average molecular weight is 314 g/mol. The van der Waals surface area contributed by atoms with E-state index in [9.17, 15) is 4.79 Å². The second kappa shape index (κ2) is 8.27. The van der Waals surface area contributed by atoms with Crippen LogP contribution in [0.4, 0.5) is 0 Å². The SMILES string of the molecule is CCN1CCN(C(=O)C2(N)CCOCC2)CC1.Cl.Cl. The number of nitrogens with zero attached hydrogens (tertiary/aromatic N) is 2. The lowest BCUT2D eigenvalue weighted by Gasteiger charge is -2.40. The van der Waals surface area contributed by atoms with Gasteiger partial charge in [0.2, 0.25) is 5.91 Å². The molecule has 2 aliphatic heterocycles. The Hall–Kier alpha value is -0.0700. The molecule has 2 N–H and O–H groups in total. The molecule has 114 valence electrons. The van der Waals surface area contributed by atoms with Gasteiger partial charge in [-0.25, -0.2) is 0 Å². The minimum atomic E-state index is -0.674. The lowest BCUT2D eigenvalue weighted by atomic mass is 9.89. The number of hydrogen-bond acceptors (Lipinski definition) is 4. The third kappa shape index (κ3) is 4.46. The first-order valence-corrected chi connectivity index (χ1v) is 6.54. The van der Waals surface area contributed by atoms with Crippen LogP contribution in [0.3, 0.4) is 0 Å². The minimum Gasteiger partial charge on any atom is -0.381 e. The van der Waals surface area contributed by atoms with E-state index in [1.807, 2.05) is 4.90 Å². The molecule has 2 heterocycles. The highest BCUT2D eigenvalue weighted by atomic mass is 35.5. The van der Waals surface area contributed by atoms with E-state index in [0.29, 0.717) is 26.1 Å². The molecule has 0 radical (unpaired) electrons. The highest BCUT2D eigenvalue weighted by molar-refractivity contribution is 5.86. The Bertz CT molecular complexity index is 278. The maximum absolute atomic E-state index is 12.4. The Labute approximate surface area is 127 Å². The van der Waals surface area contributed by atoms with Crippen LogP contribution in [0.2, 0.25) is 0 Å². The van der Waals surface area contributed by atoms with Crippen molar-refractivity contribution >= 4 is 30.7 Å². The number of piperazine rings is 1. The number of carbonyl (C=O) groups excluding carboxylic acids is 1. The predicted octanol–water partition coefficient (Wildman–Crippen LogP) is 0.502. The van der Waals surface area contributed by atoms with Crippen LogP contribution in [-0.4, -0.2) is 67.2 Å². The van der Waals surface area contributed by atoms with Crippen molar-refractivity contribution in [2.75, 3.05) is 45.9 Å². The molecule has 19 heavy (non-hydrogen) atoms. The zero-order chi connectivity index (χ0) is 12.3. The van der Waals surface area contributed by atoms with E-state index in [1.54, 1.807) is 0 Å². The third-order valence-corrected chi connectivity index (χ3v) is 3.92. The molecule has 7 heteroatoms. The van der Waals surface area contributed by atoms with Gasteiger partial charge < -0.3 is 20.3 Å². The van der Waals surface area contributed by atoms with E-state index in [4.69, 9.17) is 10.5 Å². The van der Waals surface area contributed by atoms with Crippen molar-refractivity contribution in [1.82, 2.24) is 9.80 Å². The molecule has 0 atom stereocenters. The molecule has 2 rings (SSSR count). The molecule has 0 saturated carbocycles. The first kappa shape index (κ1) is 18.9. The fourth-order valence-electron chi connectivity index (χ4n) is 2.53. The normalized spacial score (nSPS) is 23.2. The number of likely N-dealkylation sites (N-methyl/N-ethyl adjacent to an activating group) is 1. The number of halogens is 2. The van der Waals surface area contributed by atoms with Crippen LogP contribution in [0.5, 0.6) is 0 Å². The van der Waals surface area contributed by atoms with Crippen molar-refractivity contribution in [2.45, 2.75) is 25.3 Å². The molecule has 5 nitrogen and oxygen atoms in total. The molecule has 0 aromatic rings. The predicted molar refractivity (Wildman–Crippen MR) is 80.2 cm³/mol. The van der Waals surface area contributed by atoms with Gasteiger partial charge in [0.25, 0.3) is 0 Å². The van der Waals surface area contributed by atoms with Crippen LogP contribution < -0.4 is 5.73 Å². The average Bonchev–Trinajstić information content (AvgIpc) is 2.39. The van der Waals surface area contributed by atoms with Crippen LogP contribution in [0.15, 0.2) is 0 Å². The maximum atomic E-state index is 12.4. The highest BCUT2D eigenvalue weighted by Crippen LogP contribution is 2.21. The smallest absolute Gasteiger partial charge is 0.242 e. The molecule has 0 aromatic carbocycles. The second-order valence-corrected chi connectivity index (χ2v) is 4.99. The second-order valence-electron chi connectivity index (χ2n) is 4.99. The number of ether oxygens (including phenoxy) is 1. The van der Waals surface area contributed by atoms with E-state index < -0.39 is 5.54 Å². The summed E-state index contributed by atoms with van der Waals surface area (Å²) in [5.41, 5.74) is 5.54. The van der Waals surface area contributed by atoms with Crippen LogP contribution in [0.25, 0.3) is 0 Å². The molecule has 0 unspecified atom stereocenters. The first-order valence-electron chi connectivity index (χ1n) is 6.54. The van der Waals surface area contributed by atoms with Crippen molar-refractivity contribution in [2.24, 2.45) is 5.73 Å². The number of carbonyl (C=O) groups is 1. The summed E-state index contributed by atoms with van der Waals surface area (Å²) < 4.78 is 5.28. The van der Waals surface area contributed by atoms with Crippen molar-refractivity contribution in [3.05, 3.63) is 0 Å². The van der Waals surface area contributed by atoms with E-state index in [-0.39, 0.29) is 30.7 Å². The van der Waals surface area contributed by atoms with Crippen LogP contribution in [-0.2, 0) is 9.53 Å². The molecule has 0 spiro atoms. The zero-order valence-corrected chi connectivity index (χ0v) is 13.1. The number of amides is 1. The summed E-state index contributed by atoms with van der Waals surface area (Å²) in [6.07, 6.45) is 1.31. The Morgan fingerprint density at radius 2 is 1.68 bits per heavy atom. The summed E-state index contributed by atoms with van der Waals surface area (Å²) in [5.74, 6) is 0.122. The molecule has 1 amide bonds. The fraction of sp³-hybridized carbons (Fsp3) is 0.917. The van der Waals surface area contributed by atoms with Gasteiger partial charge in [-0.1, -0.05) is 6.92 Å². The first-order chi connectivity index (χ1) is 8.15. The topological polar surface area (TPSA) is 58.8 Å². The zero-order valence-electron chi connectivity index (χ0n) is 11.5. The number of hydrogen-bond donors (Lipinski definition) is 1. The van der Waals surface area contributed by atoms with Crippen molar-refractivity contribution < 1.29 is 9.53 Å². The van der Waals surface area contributed by atoms with Crippen LogP contribution in [0, 0.1) is 0 Å². The fourth-order valence-corrected chi connectivity index (χ4v) is 2.53. The number of nitrogens with two attached hydrogens (primary N) is 1. The van der Waals surface area contributed by atoms with Gasteiger partial charge in [-0.2, -0.15) is 0 Å². The van der Waals surface area contributed by atoms with E-state index in [0.717, 1.165) is 32.7 Å². The Balaban J connectivity index is 0.00000162. The monoisotopic (exact) mass is 313 g/mol. The Morgan fingerprint density at radius 1 is 1.16 bits per heavy atom. The van der Waals surface area contributed by atoms with E-state index in [1.165, 1.54) is 0 Å². The largest absolute Gasteiger partial charge is 0.381 e. The standard InChI is InChI=1S/C12H23N3O2.2ClH/c1-2-14-5-7-15(8-6-14)11(16)12(13)3-9-17-10-4-12;;/h2-10,13H2,1H3;2*1H. The lowest BCUT2D eigenvalue weighted by Crippen LogP contribution is -2.61. The Kier molecular flexibility index (Phi) is 8.24. The summed E-state index contributed by atoms with van der Waals surface area (Å²) in [5, 5.41) is 0. The molecule has 2 saturated heterocycles. The van der Waals surface area contributed by atoms with Gasteiger partial charge in [0.15, 0.2) is 0 Å². The van der Waals surface area contributed by atoms with Gasteiger partial charge in [0.05, 0.1) is 5.54 Å². The summed E-state index contributed by atoms with van der Waals surface area (Å²) in [7, 11) is 0. The van der Waals surface area contributed by atoms with Crippen LogP contribution in [0.1, 0.15) is 19.8 Å². The van der Waals surface area contributed by atoms with Gasteiger partial charge in [0.1, 0.15) is 0 Å². The molecule has 2 fully saturated rings. The molecular weight excluding hydrogens is 289 g/mol. The summed E-state index contributed by atoms with van der Waals surface area (Å²) in [6, 6.07) is 0. The van der Waals surface area contributed by atoms with E-state index >= 15 is 0 Å². The quantitative estimate of drug-likeness (QED) is 0.806. The Morgan fingerprint density at radius 3 is 2.16 bits per heavy atom. The highest BCUT2D eigenvalue weighted by Gasteiger charge is 2.39. The van der Waals surface area contributed by atoms with Crippen LogP contribution >= 0.6 is 24.8 Å².